The van der Waals surface area contributed by atoms with Gasteiger partial charge in [0.15, 0.2) is 11.6 Å². The summed E-state index contributed by atoms with van der Waals surface area (Å²) < 4.78 is 17.6. The van der Waals surface area contributed by atoms with Crippen molar-refractivity contribution in [2.75, 3.05) is 7.11 Å². The van der Waals surface area contributed by atoms with E-state index < -0.39 is 17.5 Å². The molecule has 0 unspecified atom stereocenters. The highest BCUT2D eigenvalue weighted by Gasteiger charge is 2.03. The van der Waals surface area contributed by atoms with Crippen molar-refractivity contribution in [3.63, 3.8) is 0 Å². The molecule has 15 heavy (non-hydrogen) atoms. The van der Waals surface area contributed by atoms with E-state index in [9.17, 15) is 9.18 Å². The average molecular weight is 210 g/mol. The first-order chi connectivity index (χ1) is 7.15. The Morgan fingerprint density at radius 3 is 3.00 bits per heavy atom. The summed E-state index contributed by atoms with van der Waals surface area (Å²) in [4.78, 5) is 10.7. The van der Waals surface area contributed by atoms with Gasteiger partial charge in [0.05, 0.1) is 13.5 Å². The summed E-state index contributed by atoms with van der Waals surface area (Å²) in [6.45, 7) is 0. The number of hydrogen-bond donors (Lipinski definition) is 1. The Morgan fingerprint density at radius 1 is 1.60 bits per heavy atom. The fourth-order valence-electron chi connectivity index (χ4n) is 1.03. The van der Waals surface area contributed by atoms with Gasteiger partial charge < -0.3 is 9.84 Å². The number of rotatable bonds is 3. The molecule has 0 aromatic heterocycles. The standard InChI is InChI=1S/C11H11FO3/c1-15-10(14)7-3-5-8-4-2-6-9(13)11(8)12/h2-6,13H,7H2,1H3. The van der Waals surface area contributed by atoms with Gasteiger partial charge in [-0.1, -0.05) is 24.3 Å². The summed E-state index contributed by atoms with van der Waals surface area (Å²) >= 11 is 0. The van der Waals surface area contributed by atoms with Crippen molar-refractivity contribution in [3.8, 4) is 5.75 Å². The molecule has 1 aromatic carbocycles. The Kier molecular flexibility index (Phi) is 3.85. The minimum absolute atomic E-state index is 0.0750. The maximum absolute atomic E-state index is 13.2. The van der Waals surface area contributed by atoms with E-state index in [1.807, 2.05) is 0 Å². The fourth-order valence-corrected chi connectivity index (χ4v) is 1.03. The number of phenolic OH excluding ortho intramolecular Hbond substituents is 1. The lowest BCUT2D eigenvalue weighted by Crippen LogP contribution is -1.96. The lowest BCUT2D eigenvalue weighted by Gasteiger charge is -1.98. The molecule has 0 amide bonds. The molecule has 0 radical (unpaired) electrons. The third kappa shape index (κ3) is 3.09. The molecular formula is C11H11FO3. The van der Waals surface area contributed by atoms with Gasteiger partial charge in [-0.3, -0.25) is 4.79 Å². The molecule has 3 nitrogen and oxygen atoms in total. The zero-order chi connectivity index (χ0) is 11.3. The number of esters is 1. The average Bonchev–Trinajstić information content (AvgIpc) is 2.24. The Balaban J connectivity index is 2.72. The van der Waals surface area contributed by atoms with Gasteiger partial charge in [-0.05, 0) is 6.07 Å². The van der Waals surface area contributed by atoms with E-state index in [2.05, 4.69) is 4.74 Å². The molecule has 0 heterocycles. The van der Waals surface area contributed by atoms with Crippen LogP contribution in [0.15, 0.2) is 24.3 Å². The van der Waals surface area contributed by atoms with Crippen LogP contribution in [-0.4, -0.2) is 18.2 Å². The van der Waals surface area contributed by atoms with Crippen LogP contribution in [0.5, 0.6) is 5.75 Å². The molecule has 0 aliphatic carbocycles. The fraction of sp³-hybridized carbons (Fsp3) is 0.182. The number of carbonyl (C=O) groups excluding carboxylic acids is 1. The number of methoxy groups -OCH3 is 1. The summed E-state index contributed by atoms with van der Waals surface area (Å²) in [5, 5.41) is 9.05. The van der Waals surface area contributed by atoms with Gasteiger partial charge in [0, 0.05) is 5.56 Å². The number of hydrogen-bond acceptors (Lipinski definition) is 3. The highest BCUT2D eigenvalue weighted by Crippen LogP contribution is 2.19. The van der Waals surface area contributed by atoms with Gasteiger partial charge in [0.2, 0.25) is 0 Å². The summed E-state index contributed by atoms with van der Waals surface area (Å²) in [5.41, 5.74) is 0.235. The van der Waals surface area contributed by atoms with Gasteiger partial charge in [0.25, 0.3) is 0 Å². The van der Waals surface area contributed by atoms with E-state index in [0.29, 0.717) is 0 Å². The maximum atomic E-state index is 13.2. The molecule has 80 valence electrons. The van der Waals surface area contributed by atoms with Crippen LogP contribution in [0.25, 0.3) is 6.08 Å². The molecule has 0 atom stereocenters. The Bertz CT molecular complexity index is 385. The zero-order valence-electron chi connectivity index (χ0n) is 8.24. The number of phenols is 1. The van der Waals surface area contributed by atoms with Gasteiger partial charge in [-0.2, -0.15) is 0 Å². The number of aromatic hydroxyl groups is 1. The van der Waals surface area contributed by atoms with Gasteiger partial charge in [-0.15, -0.1) is 0 Å². The predicted molar refractivity (Wildman–Crippen MR) is 53.7 cm³/mol. The third-order valence-electron chi connectivity index (χ3n) is 1.82. The van der Waals surface area contributed by atoms with E-state index in [0.717, 1.165) is 0 Å². The third-order valence-corrected chi connectivity index (χ3v) is 1.82. The monoisotopic (exact) mass is 210 g/mol. The van der Waals surface area contributed by atoms with E-state index in [4.69, 9.17) is 5.11 Å². The van der Waals surface area contributed by atoms with Crippen molar-refractivity contribution in [2.45, 2.75) is 6.42 Å². The Hall–Kier alpha value is -1.84. The number of benzene rings is 1. The molecule has 1 aromatic rings. The van der Waals surface area contributed by atoms with E-state index in [1.165, 1.54) is 37.5 Å². The smallest absolute Gasteiger partial charge is 0.309 e. The van der Waals surface area contributed by atoms with E-state index >= 15 is 0 Å². The molecule has 1 rings (SSSR count). The van der Waals surface area contributed by atoms with Crippen LogP contribution in [0, 0.1) is 5.82 Å². The van der Waals surface area contributed by atoms with Crippen molar-refractivity contribution in [2.24, 2.45) is 0 Å². The summed E-state index contributed by atoms with van der Waals surface area (Å²) in [7, 11) is 1.28. The minimum atomic E-state index is -0.696. The van der Waals surface area contributed by atoms with Crippen LogP contribution in [0.4, 0.5) is 4.39 Å². The van der Waals surface area contributed by atoms with Gasteiger partial charge in [-0.25, -0.2) is 4.39 Å². The predicted octanol–water partition coefficient (Wildman–Crippen LogP) is 2.11. The second kappa shape index (κ2) is 5.14. The number of carbonyl (C=O) groups is 1. The van der Waals surface area contributed by atoms with Gasteiger partial charge >= 0.3 is 5.97 Å². The number of halogens is 1. The van der Waals surface area contributed by atoms with E-state index in [1.54, 1.807) is 0 Å². The lowest BCUT2D eigenvalue weighted by molar-refractivity contribution is -0.139. The first kappa shape index (κ1) is 11.2. The number of ether oxygens (including phenoxy) is 1. The quantitative estimate of drug-likeness (QED) is 0.777. The highest BCUT2D eigenvalue weighted by atomic mass is 19.1. The molecule has 1 N–H and O–H groups in total. The summed E-state index contributed by atoms with van der Waals surface area (Å²) in [6.07, 6.45) is 2.97. The Morgan fingerprint density at radius 2 is 2.33 bits per heavy atom. The van der Waals surface area contributed by atoms with Crippen LogP contribution < -0.4 is 0 Å². The van der Waals surface area contributed by atoms with Crippen LogP contribution in [0.3, 0.4) is 0 Å². The first-order valence-corrected chi connectivity index (χ1v) is 4.36. The van der Waals surface area contributed by atoms with Crippen molar-refractivity contribution in [1.29, 1.82) is 0 Å². The molecular weight excluding hydrogens is 199 g/mol. The molecule has 0 spiro atoms. The second-order valence-electron chi connectivity index (χ2n) is 2.86. The molecule has 0 aliphatic heterocycles. The van der Waals surface area contributed by atoms with Crippen molar-refractivity contribution in [3.05, 3.63) is 35.7 Å². The summed E-state index contributed by atoms with van der Waals surface area (Å²) in [5.74, 6) is -1.50. The normalized spacial score (nSPS) is 10.5. The minimum Gasteiger partial charge on any atom is -0.505 e. The topological polar surface area (TPSA) is 46.5 Å². The van der Waals surface area contributed by atoms with Crippen molar-refractivity contribution in [1.82, 2.24) is 0 Å². The van der Waals surface area contributed by atoms with Gasteiger partial charge in [0.1, 0.15) is 0 Å². The molecule has 0 fully saturated rings. The Labute approximate surface area is 86.8 Å². The van der Waals surface area contributed by atoms with Crippen LogP contribution in [0.1, 0.15) is 12.0 Å². The SMILES string of the molecule is COC(=O)CC=Cc1cccc(O)c1F. The van der Waals surface area contributed by atoms with E-state index in [-0.39, 0.29) is 12.0 Å². The van der Waals surface area contributed by atoms with Crippen LogP contribution >= 0.6 is 0 Å². The van der Waals surface area contributed by atoms with Crippen molar-refractivity contribution < 1.29 is 19.0 Å². The summed E-state index contributed by atoms with van der Waals surface area (Å²) in [6, 6.07) is 4.28. The second-order valence-corrected chi connectivity index (χ2v) is 2.86. The molecule has 0 saturated carbocycles. The van der Waals surface area contributed by atoms with Crippen molar-refractivity contribution >= 4 is 12.0 Å². The van der Waals surface area contributed by atoms with Crippen LogP contribution in [-0.2, 0) is 9.53 Å². The molecule has 0 bridgehead atoms. The van der Waals surface area contributed by atoms with Crippen LogP contribution in [0.2, 0.25) is 0 Å². The lowest BCUT2D eigenvalue weighted by atomic mass is 10.2. The maximum Gasteiger partial charge on any atom is 0.309 e. The first-order valence-electron chi connectivity index (χ1n) is 4.36. The molecule has 0 saturated heterocycles. The zero-order valence-corrected chi connectivity index (χ0v) is 8.24. The molecule has 4 heteroatoms. The largest absolute Gasteiger partial charge is 0.505 e. The highest BCUT2D eigenvalue weighted by molar-refractivity contribution is 5.72. The molecule has 0 aliphatic rings.